The molecule has 2 saturated carbocycles. The number of aliphatic hydroxyl groups is 2. The second-order valence-corrected chi connectivity index (χ2v) is 5.72. The molecule has 2 aliphatic rings. The molecule has 0 aliphatic heterocycles. The molecule has 0 aromatic carbocycles. The second-order valence-electron chi connectivity index (χ2n) is 5.72. The van der Waals surface area contributed by atoms with E-state index in [1.54, 1.807) is 0 Å². The zero-order chi connectivity index (χ0) is 11.5. The highest BCUT2D eigenvalue weighted by atomic mass is 16.3. The quantitative estimate of drug-likeness (QED) is 0.665. The van der Waals surface area contributed by atoms with Crippen molar-refractivity contribution < 1.29 is 10.2 Å². The van der Waals surface area contributed by atoms with Crippen LogP contribution in [0.2, 0.25) is 0 Å². The standard InChI is InChI=1S/C13H25NO2/c14-11(8-9-4-2-1-3-5-9)13(16)12(15)10-6-7-10/h9-13,15-16H,1-8,14H2. The van der Waals surface area contributed by atoms with E-state index in [0.29, 0.717) is 11.8 Å². The largest absolute Gasteiger partial charge is 0.390 e. The van der Waals surface area contributed by atoms with Crippen molar-refractivity contribution in [3.05, 3.63) is 0 Å². The van der Waals surface area contributed by atoms with Gasteiger partial charge in [-0.15, -0.1) is 0 Å². The van der Waals surface area contributed by atoms with Crippen LogP contribution < -0.4 is 5.73 Å². The molecular weight excluding hydrogens is 202 g/mol. The van der Waals surface area contributed by atoms with Crippen LogP contribution in [0.25, 0.3) is 0 Å². The summed E-state index contributed by atoms with van der Waals surface area (Å²) in [6.07, 6.45) is 8.14. The molecular formula is C13H25NO2. The molecule has 2 rings (SSSR count). The first-order valence-electron chi connectivity index (χ1n) is 6.80. The molecule has 0 aromatic heterocycles. The van der Waals surface area contributed by atoms with Gasteiger partial charge in [0.1, 0.15) is 0 Å². The van der Waals surface area contributed by atoms with E-state index >= 15 is 0 Å². The van der Waals surface area contributed by atoms with Gasteiger partial charge in [0, 0.05) is 6.04 Å². The van der Waals surface area contributed by atoms with E-state index in [0.717, 1.165) is 19.3 Å². The SMILES string of the molecule is NC(CC1CCCCC1)C(O)C(O)C1CC1. The van der Waals surface area contributed by atoms with Gasteiger partial charge in [-0.05, 0) is 31.1 Å². The Labute approximate surface area is 98.0 Å². The molecule has 2 aliphatic carbocycles. The van der Waals surface area contributed by atoms with Crippen molar-refractivity contribution in [2.24, 2.45) is 17.6 Å². The third kappa shape index (κ3) is 3.19. The average molecular weight is 227 g/mol. The van der Waals surface area contributed by atoms with Gasteiger partial charge < -0.3 is 15.9 Å². The molecule has 0 aromatic rings. The first-order valence-corrected chi connectivity index (χ1v) is 6.80. The van der Waals surface area contributed by atoms with Crippen LogP contribution in [0.1, 0.15) is 51.4 Å². The smallest absolute Gasteiger partial charge is 0.0952 e. The molecule has 3 atom stereocenters. The van der Waals surface area contributed by atoms with Crippen LogP contribution in [-0.2, 0) is 0 Å². The number of hydrogen-bond donors (Lipinski definition) is 3. The molecule has 3 heteroatoms. The topological polar surface area (TPSA) is 66.5 Å². The van der Waals surface area contributed by atoms with Crippen LogP contribution in [0.4, 0.5) is 0 Å². The van der Waals surface area contributed by atoms with E-state index in [1.165, 1.54) is 32.1 Å². The second kappa shape index (κ2) is 5.48. The van der Waals surface area contributed by atoms with Crippen molar-refractivity contribution in [1.82, 2.24) is 0 Å². The highest BCUT2D eigenvalue weighted by molar-refractivity contribution is 4.90. The van der Waals surface area contributed by atoms with E-state index in [9.17, 15) is 10.2 Å². The maximum Gasteiger partial charge on any atom is 0.0952 e. The summed E-state index contributed by atoms with van der Waals surface area (Å²) in [6, 6.07) is -0.237. The summed E-state index contributed by atoms with van der Waals surface area (Å²) in [7, 11) is 0. The van der Waals surface area contributed by atoms with Crippen LogP contribution in [0.15, 0.2) is 0 Å². The van der Waals surface area contributed by atoms with Crippen molar-refractivity contribution in [1.29, 1.82) is 0 Å². The predicted molar refractivity (Wildman–Crippen MR) is 63.9 cm³/mol. The molecule has 0 bridgehead atoms. The van der Waals surface area contributed by atoms with E-state index in [2.05, 4.69) is 0 Å². The van der Waals surface area contributed by atoms with Gasteiger partial charge in [0.05, 0.1) is 12.2 Å². The Morgan fingerprint density at radius 2 is 1.62 bits per heavy atom. The molecule has 16 heavy (non-hydrogen) atoms. The van der Waals surface area contributed by atoms with Crippen molar-refractivity contribution >= 4 is 0 Å². The monoisotopic (exact) mass is 227 g/mol. The van der Waals surface area contributed by atoms with Crippen molar-refractivity contribution in [3.8, 4) is 0 Å². The average Bonchev–Trinajstić information content (AvgIpc) is 3.12. The van der Waals surface area contributed by atoms with Gasteiger partial charge in [0.15, 0.2) is 0 Å². The summed E-state index contributed by atoms with van der Waals surface area (Å²) in [5.74, 6) is 0.984. The van der Waals surface area contributed by atoms with Crippen molar-refractivity contribution in [3.63, 3.8) is 0 Å². The fourth-order valence-corrected chi connectivity index (χ4v) is 2.92. The zero-order valence-electron chi connectivity index (χ0n) is 10.0. The number of aliphatic hydroxyl groups excluding tert-OH is 2. The summed E-state index contributed by atoms with van der Waals surface area (Å²) in [5, 5.41) is 19.8. The number of hydrogen-bond acceptors (Lipinski definition) is 3. The molecule has 2 fully saturated rings. The van der Waals surface area contributed by atoms with Crippen LogP contribution in [0.5, 0.6) is 0 Å². The fourth-order valence-electron chi connectivity index (χ4n) is 2.92. The highest BCUT2D eigenvalue weighted by Crippen LogP contribution is 2.35. The van der Waals surface area contributed by atoms with Crippen LogP contribution in [-0.4, -0.2) is 28.5 Å². The molecule has 94 valence electrons. The third-order valence-electron chi connectivity index (χ3n) is 4.22. The number of rotatable bonds is 5. The molecule has 4 N–H and O–H groups in total. The molecule has 3 nitrogen and oxygen atoms in total. The summed E-state index contributed by atoms with van der Waals surface area (Å²) in [4.78, 5) is 0. The summed E-state index contributed by atoms with van der Waals surface area (Å²) >= 11 is 0. The van der Waals surface area contributed by atoms with Crippen LogP contribution >= 0.6 is 0 Å². The Morgan fingerprint density at radius 1 is 1.00 bits per heavy atom. The molecule has 3 unspecified atom stereocenters. The van der Waals surface area contributed by atoms with Crippen LogP contribution in [0.3, 0.4) is 0 Å². The Balaban J connectivity index is 1.74. The molecule has 0 spiro atoms. The van der Waals surface area contributed by atoms with E-state index in [4.69, 9.17) is 5.73 Å². The lowest BCUT2D eigenvalue weighted by Crippen LogP contribution is -2.45. The van der Waals surface area contributed by atoms with Gasteiger partial charge in [0.25, 0.3) is 0 Å². The molecule has 0 amide bonds. The first kappa shape index (κ1) is 12.3. The minimum Gasteiger partial charge on any atom is -0.390 e. The first-order chi connectivity index (χ1) is 7.68. The van der Waals surface area contributed by atoms with Gasteiger partial charge in [-0.25, -0.2) is 0 Å². The van der Waals surface area contributed by atoms with Gasteiger partial charge >= 0.3 is 0 Å². The van der Waals surface area contributed by atoms with E-state index < -0.39 is 12.2 Å². The lowest BCUT2D eigenvalue weighted by atomic mass is 9.83. The Kier molecular flexibility index (Phi) is 4.22. The minimum absolute atomic E-state index is 0.237. The van der Waals surface area contributed by atoms with Crippen molar-refractivity contribution in [2.45, 2.75) is 69.6 Å². The highest BCUT2D eigenvalue weighted by Gasteiger charge is 2.37. The maximum atomic E-state index is 9.95. The Hall–Kier alpha value is -0.120. The maximum absolute atomic E-state index is 9.95. The predicted octanol–water partition coefficient (Wildman–Crippen LogP) is 1.42. The normalized spacial score (nSPS) is 28.7. The lowest BCUT2D eigenvalue weighted by Gasteiger charge is -2.29. The van der Waals surface area contributed by atoms with E-state index in [1.807, 2.05) is 0 Å². The Bertz CT molecular complexity index is 212. The van der Waals surface area contributed by atoms with E-state index in [-0.39, 0.29) is 6.04 Å². The lowest BCUT2D eigenvalue weighted by molar-refractivity contribution is -0.0133. The fraction of sp³-hybridized carbons (Fsp3) is 1.00. The third-order valence-corrected chi connectivity index (χ3v) is 4.22. The van der Waals surface area contributed by atoms with Gasteiger partial charge in [-0.3, -0.25) is 0 Å². The Morgan fingerprint density at radius 3 is 2.19 bits per heavy atom. The summed E-state index contributed by atoms with van der Waals surface area (Å²) in [6.45, 7) is 0. The summed E-state index contributed by atoms with van der Waals surface area (Å²) in [5.41, 5.74) is 6.00. The van der Waals surface area contributed by atoms with Crippen LogP contribution in [0, 0.1) is 11.8 Å². The van der Waals surface area contributed by atoms with Crippen molar-refractivity contribution in [2.75, 3.05) is 0 Å². The van der Waals surface area contributed by atoms with Gasteiger partial charge in [-0.1, -0.05) is 32.1 Å². The molecule has 0 saturated heterocycles. The zero-order valence-corrected chi connectivity index (χ0v) is 10.0. The van der Waals surface area contributed by atoms with Gasteiger partial charge in [0.2, 0.25) is 0 Å². The molecule has 0 heterocycles. The summed E-state index contributed by atoms with van der Waals surface area (Å²) < 4.78 is 0. The molecule has 0 radical (unpaired) electrons. The minimum atomic E-state index is -0.713. The van der Waals surface area contributed by atoms with Gasteiger partial charge in [-0.2, -0.15) is 0 Å². The number of nitrogens with two attached hydrogens (primary N) is 1.